The molecule has 1 heterocycles. The molecule has 0 aliphatic carbocycles. The summed E-state index contributed by atoms with van der Waals surface area (Å²) in [5.74, 6) is 0.335. The fourth-order valence-corrected chi connectivity index (χ4v) is 2.62. The largest absolute Gasteiger partial charge is 0.497 e. The molecule has 1 aromatic heterocycles. The number of methoxy groups -OCH3 is 1. The predicted molar refractivity (Wildman–Crippen MR) is 94.6 cm³/mol. The Balaban J connectivity index is 1.95. The first-order valence-electron chi connectivity index (χ1n) is 7.32. The van der Waals surface area contributed by atoms with Gasteiger partial charge in [0.05, 0.1) is 35.3 Å². The van der Waals surface area contributed by atoms with Crippen LogP contribution in [-0.2, 0) is 7.05 Å². The van der Waals surface area contributed by atoms with Crippen molar-refractivity contribution in [3.05, 3.63) is 65.3 Å². The Labute approximate surface area is 144 Å². The third-order valence-electron chi connectivity index (χ3n) is 3.65. The van der Waals surface area contributed by atoms with Gasteiger partial charge in [0.2, 0.25) is 0 Å². The topological polar surface area (TPSA) is 56.1 Å². The quantitative estimate of drug-likeness (QED) is 0.780. The minimum atomic E-state index is -0.280. The van der Waals surface area contributed by atoms with Crippen molar-refractivity contribution in [3.63, 3.8) is 0 Å². The van der Waals surface area contributed by atoms with Crippen LogP contribution in [0.3, 0.4) is 0 Å². The molecular formula is C18H16ClN3O2. The standard InChI is InChI=1S/C18H16ClN3O2/c1-22-17(12-6-4-3-5-7-12)14(11-20-22)18(23)21-16-10-13(24-2)8-9-15(16)19/h3-11H,1-2H3,(H,21,23). The van der Waals surface area contributed by atoms with Crippen LogP contribution in [0.2, 0.25) is 5.02 Å². The van der Waals surface area contributed by atoms with Crippen LogP contribution in [0, 0.1) is 0 Å². The number of hydrogen-bond donors (Lipinski definition) is 1. The third-order valence-corrected chi connectivity index (χ3v) is 3.98. The van der Waals surface area contributed by atoms with Crippen LogP contribution in [0.1, 0.15) is 10.4 Å². The Kier molecular flexibility index (Phi) is 4.53. The van der Waals surface area contributed by atoms with E-state index in [1.54, 1.807) is 43.2 Å². The Hall–Kier alpha value is -2.79. The Morgan fingerprint density at radius 1 is 1.21 bits per heavy atom. The van der Waals surface area contributed by atoms with E-state index in [1.807, 2.05) is 30.3 Å². The Morgan fingerprint density at radius 2 is 1.96 bits per heavy atom. The van der Waals surface area contributed by atoms with Crippen molar-refractivity contribution in [2.45, 2.75) is 0 Å². The van der Waals surface area contributed by atoms with Crippen LogP contribution in [-0.4, -0.2) is 22.8 Å². The van der Waals surface area contributed by atoms with Crippen LogP contribution >= 0.6 is 11.6 Å². The van der Waals surface area contributed by atoms with Gasteiger partial charge in [-0.05, 0) is 12.1 Å². The minimum Gasteiger partial charge on any atom is -0.497 e. The Morgan fingerprint density at radius 3 is 2.67 bits per heavy atom. The zero-order valence-electron chi connectivity index (χ0n) is 13.3. The fourth-order valence-electron chi connectivity index (χ4n) is 2.46. The van der Waals surface area contributed by atoms with Gasteiger partial charge in [-0.1, -0.05) is 41.9 Å². The molecule has 0 saturated heterocycles. The monoisotopic (exact) mass is 341 g/mol. The lowest BCUT2D eigenvalue weighted by molar-refractivity contribution is 0.102. The molecule has 1 N–H and O–H groups in total. The highest BCUT2D eigenvalue weighted by Crippen LogP contribution is 2.29. The van der Waals surface area contributed by atoms with Gasteiger partial charge in [-0.15, -0.1) is 0 Å². The number of nitrogens with zero attached hydrogens (tertiary/aromatic N) is 2. The second-order valence-corrected chi connectivity index (χ2v) is 5.60. The number of aryl methyl sites for hydroxylation is 1. The molecule has 24 heavy (non-hydrogen) atoms. The lowest BCUT2D eigenvalue weighted by Crippen LogP contribution is -2.13. The van der Waals surface area contributed by atoms with Crippen LogP contribution in [0.5, 0.6) is 5.75 Å². The van der Waals surface area contributed by atoms with E-state index in [1.165, 1.54) is 0 Å². The van der Waals surface area contributed by atoms with Crippen LogP contribution in [0.25, 0.3) is 11.3 Å². The maximum atomic E-state index is 12.7. The molecule has 0 atom stereocenters. The number of carbonyl (C=O) groups is 1. The molecule has 0 saturated carbocycles. The summed E-state index contributed by atoms with van der Waals surface area (Å²) in [5.41, 5.74) is 2.62. The molecule has 0 fully saturated rings. The number of ether oxygens (including phenoxy) is 1. The minimum absolute atomic E-state index is 0.280. The highest BCUT2D eigenvalue weighted by atomic mass is 35.5. The van der Waals surface area contributed by atoms with E-state index in [4.69, 9.17) is 16.3 Å². The van der Waals surface area contributed by atoms with Crippen LogP contribution in [0.15, 0.2) is 54.7 Å². The van der Waals surface area contributed by atoms with Crippen molar-refractivity contribution in [1.29, 1.82) is 0 Å². The zero-order valence-corrected chi connectivity index (χ0v) is 14.0. The summed E-state index contributed by atoms with van der Waals surface area (Å²) in [4.78, 5) is 12.7. The predicted octanol–water partition coefficient (Wildman–Crippen LogP) is 4.00. The Bertz CT molecular complexity index is 875. The van der Waals surface area contributed by atoms with E-state index < -0.39 is 0 Å². The first-order chi connectivity index (χ1) is 11.6. The lowest BCUT2D eigenvalue weighted by Gasteiger charge is -2.10. The fraction of sp³-hybridized carbons (Fsp3) is 0.111. The maximum Gasteiger partial charge on any atom is 0.259 e. The van der Waals surface area contributed by atoms with Gasteiger partial charge >= 0.3 is 0 Å². The second kappa shape index (κ2) is 6.76. The van der Waals surface area contributed by atoms with Gasteiger partial charge < -0.3 is 10.1 Å². The molecular weight excluding hydrogens is 326 g/mol. The van der Waals surface area contributed by atoms with E-state index in [-0.39, 0.29) is 5.91 Å². The molecule has 0 unspecified atom stereocenters. The van der Waals surface area contributed by atoms with Crippen molar-refractivity contribution >= 4 is 23.2 Å². The van der Waals surface area contributed by atoms with Gasteiger partial charge in [-0.25, -0.2) is 0 Å². The summed E-state index contributed by atoms with van der Waals surface area (Å²) >= 11 is 6.16. The number of aromatic nitrogens is 2. The first-order valence-corrected chi connectivity index (χ1v) is 7.70. The van der Waals surface area contributed by atoms with E-state index in [0.29, 0.717) is 22.0 Å². The first kappa shape index (κ1) is 16.1. The highest BCUT2D eigenvalue weighted by molar-refractivity contribution is 6.34. The number of halogens is 1. The number of anilines is 1. The molecule has 3 aromatic rings. The highest BCUT2D eigenvalue weighted by Gasteiger charge is 2.18. The number of nitrogens with one attached hydrogen (secondary N) is 1. The average Bonchev–Trinajstić information content (AvgIpc) is 2.99. The van der Waals surface area contributed by atoms with Gasteiger partial charge in [0.1, 0.15) is 5.75 Å². The van der Waals surface area contributed by atoms with Gasteiger partial charge in [-0.3, -0.25) is 9.48 Å². The third kappa shape index (κ3) is 3.12. The lowest BCUT2D eigenvalue weighted by atomic mass is 10.1. The number of rotatable bonds is 4. The molecule has 6 heteroatoms. The molecule has 0 bridgehead atoms. The SMILES string of the molecule is COc1ccc(Cl)c(NC(=O)c2cnn(C)c2-c2ccccc2)c1. The van der Waals surface area contributed by atoms with Crippen molar-refractivity contribution in [2.24, 2.45) is 7.05 Å². The van der Waals surface area contributed by atoms with Crippen LogP contribution < -0.4 is 10.1 Å². The average molecular weight is 342 g/mol. The molecule has 122 valence electrons. The van der Waals surface area contributed by atoms with Gasteiger partial charge in [0.25, 0.3) is 5.91 Å². The number of benzene rings is 2. The van der Waals surface area contributed by atoms with Gasteiger partial charge in [-0.2, -0.15) is 5.10 Å². The van der Waals surface area contributed by atoms with Crippen molar-refractivity contribution in [3.8, 4) is 17.0 Å². The van der Waals surface area contributed by atoms with Crippen molar-refractivity contribution in [1.82, 2.24) is 9.78 Å². The molecule has 1 amide bonds. The smallest absolute Gasteiger partial charge is 0.259 e. The molecule has 3 rings (SSSR count). The van der Waals surface area contributed by atoms with Gasteiger partial charge in [0.15, 0.2) is 0 Å². The number of amides is 1. The molecule has 0 aliphatic rings. The number of carbonyl (C=O) groups excluding carboxylic acids is 1. The van der Waals surface area contributed by atoms with Crippen LogP contribution in [0.4, 0.5) is 5.69 Å². The van der Waals surface area contributed by atoms with Crippen molar-refractivity contribution in [2.75, 3.05) is 12.4 Å². The summed E-state index contributed by atoms with van der Waals surface area (Å²) in [6.45, 7) is 0. The zero-order chi connectivity index (χ0) is 17.1. The summed E-state index contributed by atoms with van der Waals surface area (Å²) in [6.07, 6.45) is 1.55. The van der Waals surface area contributed by atoms with Crippen molar-refractivity contribution < 1.29 is 9.53 Å². The molecule has 2 aromatic carbocycles. The van der Waals surface area contributed by atoms with Gasteiger partial charge in [0, 0.05) is 18.7 Å². The molecule has 5 nitrogen and oxygen atoms in total. The molecule has 0 radical (unpaired) electrons. The molecule has 0 spiro atoms. The summed E-state index contributed by atoms with van der Waals surface area (Å²) in [5, 5.41) is 7.47. The van der Waals surface area contributed by atoms with E-state index in [9.17, 15) is 4.79 Å². The maximum absolute atomic E-state index is 12.7. The van der Waals surface area contributed by atoms with E-state index in [0.717, 1.165) is 11.3 Å². The summed E-state index contributed by atoms with van der Waals surface area (Å²) in [6, 6.07) is 14.7. The normalized spacial score (nSPS) is 10.5. The number of hydrogen-bond acceptors (Lipinski definition) is 3. The van der Waals surface area contributed by atoms with E-state index >= 15 is 0 Å². The second-order valence-electron chi connectivity index (χ2n) is 5.20. The summed E-state index contributed by atoms with van der Waals surface area (Å²) in [7, 11) is 3.36. The molecule has 0 aliphatic heterocycles. The van der Waals surface area contributed by atoms with E-state index in [2.05, 4.69) is 10.4 Å². The summed E-state index contributed by atoms with van der Waals surface area (Å²) < 4.78 is 6.85.